The number of piperidine rings is 1. The molecule has 2 amide bonds. The molecule has 0 radical (unpaired) electrons. The molecule has 200 valence electrons. The predicted molar refractivity (Wildman–Crippen MR) is 148 cm³/mol. The maximum absolute atomic E-state index is 12.8. The molecule has 8 heteroatoms. The zero-order valence-electron chi connectivity index (χ0n) is 22.5. The monoisotopic (exact) mass is 516 g/mol. The molecule has 2 N–H and O–H groups in total. The van der Waals surface area contributed by atoms with E-state index in [1.54, 1.807) is 29.3 Å². The molecule has 0 unspecified atom stereocenters. The van der Waals surface area contributed by atoms with Gasteiger partial charge in [0.2, 0.25) is 0 Å². The second-order valence-electron chi connectivity index (χ2n) is 10.8. The molecular formula is C30H36N4O4. The van der Waals surface area contributed by atoms with Gasteiger partial charge in [-0.1, -0.05) is 39.0 Å². The second kappa shape index (κ2) is 11.6. The topological polar surface area (TPSA) is 104 Å². The molecule has 4 rings (SSSR count). The summed E-state index contributed by atoms with van der Waals surface area (Å²) in [5, 5.41) is 2.74. The first-order valence-electron chi connectivity index (χ1n) is 13.2. The Kier molecular flexibility index (Phi) is 8.29. The maximum atomic E-state index is 12.8. The van der Waals surface area contributed by atoms with Gasteiger partial charge in [0, 0.05) is 36.1 Å². The van der Waals surface area contributed by atoms with Crippen molar-refractivity contribution in [2.45, 2.75) is 52.4 Å². The summed E-state index contributed by atoms with van der Waals surface area (Å²) in [6, 6.07) is 14.9. The lowest BCUT2D eigenvalue weighted by Gasteiger charge is -2.31. The van der Waals surface area contributed by atoms with Gasteiger partial charge in [0.25, 0.3) is 11.5 Å². The molecule has 8 nitrogen and oxygen atoms in total. The summed E-state index contributed by atoms with van der Waals surface area (Å²) >= 11 is 0. The Morgan fingerprint density at radius 2 is 1.82 bits per heavy atom. The quantitative estimate of drug-likeness (QED) is 0.457. The molecular weight excluding hydrogens is 480 g/mol. The van der Waals surface area contributed by atoms with E-state index in [1.165, 1.54) is 0 Å². The number of nitrogens with one attached hydrogen (secondary N) is 2. The third-order valence-electron chi connectivity index (χ3n) is 6.91. The van der Waals surface area contributed by atoms with Crippen molar-refractivity contribution in [3.05, 3.63) is 81.9 Å². The highest BCUT2D eigenvalue weighted by atomic mass is 16.6. The van der Waals surface area contributed by atoms with E-state index in [0.717, 1.165) is 30.5 Å². The molecule has 1 aliphatic heterocycles. The van der Waals surface area contributed by atoms with Crippen molar-refractivity contribution < 1.29 is 14.3 Å². The zero-order valence-corrected chi connectivity index (χ0v) is 22.5. The van der Waals surface area contributed by atoms with Crippen molar-refractivity contribution in [1.82, 2.24) is 14.9 Å². The molecule has 1 aliphatic rings. The summed E-state index contributed by atoms with van der Waals surface area (Å²) in [5.41, 5.74) is 3.77. The van der Waals surface area contributed by atoms with Crippen molar-refractivity contribution in [3.63, 3.8) is 0 Å². The maximum Gasteiger partial charge on any atom is 0.409 e. The van der Waals surface area contributed by atoms with Crippen LogP contribution in [0.5, 0.6) is 0 Å². The number of H-pyrrole nitrogens is 1. The number of ether oxygens (including phenoxy) is 1. The van der Waals surface area contributed by atoms with E-state index in [2.05, 4.69) is 31.1 Å². The van der Waals surface area contributed by atoms with E-state index in [4.69, 9.17) is 9.72 Å². The molecule has 3 heterocycles. The Labute approximate surface area is 223 Å². The first kappa shape index (κ1) is 27.1. The Bertz CT molecular complexity index is 1330. The summed E-state index contributed by atoms with van der Waals surface area (Å²) < 4.78 is 5.11. The third kappa shape index (κ3) is 6.68. The Balaban J connectivity index is 1.43. The van der Waals surface area contributed by atoms with Crippen LogP contribution >= 0.6 is 0 Å². The Morgan fingerprint density at radius 1 is 1.11 bits per heavy atom. The number of carbonyl (C=O) groups excluding carboxylic acids is 2. The molecule has 0 aliphatic carbocycles. The number of anilines is 1. The van der Waals surface area contributed by atoms with Crippen LogP contribution in [-0.2, 0) is 16.6 Å². The number of nitrogens with zero attached hydrogens (tertiary/aromatic N) is 2. The first-order chi connectivity index (χ1) is 18.1. The number of aromatic nitrogens is 2. The lowest BCUT2D eigenvalue weighted by molar-refractivity contribution is 0.0917. The molecule has 2 aromatic heterocycles. The van der Waals surface area contributed by atoms with Gasteiger partial charge >= 0.3 is 6.09 Å². The van der Waals surface area contributed by atoms with Gasteiger partial charge in [-0.05, 0) is 73.4 Å². The number of hydrogen-bond acceptors (Lipinski definition) is 5. The Hall–Kier alpha value is -3.94. The molecule has 0 saturated carbocycles. The van der Waals surface area contributed by atoms with E-state index in [1.807, 2.05) is 37.3 Å². The van der Waals surface area contributed by atoms with Crippen molar-refractivity contribution in [2.75, 3.05) is 25.0 Å². The highest BCUT2D eigenvalue weighted by molar-refractivity contribution is 6.04. The fourth-order valence-electron chi connectivity index (χ4n) is 4.62. The van der Waals surface area contributed by atoms with Crippen LogP contribution in [0.25, 0.3) is 11.3 Å². The molecule has 3 aromatic rings. The number of carbonyl (C=O) groups is 2. The van der Waals surface area contributed by atoms with Gasteiger partial charge in [-0.2, -0.15) is 0 Å². The van der Waals surface area contributed by atoms with Gasteiger partial charge in [0.05, 0.1) is 12.3 Å². The summed E-state index contributed by atoms with van der Waals surface area (Å²) in [4.78, 5) is 46.6. The number of hydrogen-bond donors (Lipinski definition) is 2. The lowest BCUT2D eigenvalue weighted by atomic mass is 9.87. The molecule has 1 aromatic carbocycles. The minimum absolute atomic E-state index is 0.0119. The summed E-state index contributed by atoms with van der Waals surface area (Å²) in [6.07, 6.45) is 3.98. The summed E-state index contributed by atoms with van der Waals surface area (Å²) in [5.74, 6) is 0.0857. The van der Waals surface area contributed by atoms with Gasteiger partial charge < -0.3 is 19.9 Å². The van der Waals surface area contributed by atoms with Crippen LogP contribution in [0.2, 0.25) is 0 Å². The lowest BCUT2D eigenvalue weighted by Crippen LogP contribution is -2.39. The van der Waals surface area contributed by atoms with Gasteiger partial charge in [0.15, 0.2) is 0 Å². The molecule has 0 bridgehead atoms. The largest absolute Gasteiger partial charge is 0.450 e. The molecule has 1 fully saturated rings. The third-order valence-corrected chi connectivity index (χ3v) is 6.91. The van der Waals surface area contributed by atoms with Gasteiger partial charge in [-0.15, -0.1) is 0 Å². The summed E-state index contributed by atoms with van der Waals surface area (Å²) in [6.45, 7) is 9.92. The Morgan fingerprint density at radius 3 is 2.47 bits per heavy atom. The van der Waals surface area contributed by atoms with Crippen LogP contribution in [0, 0.1) is 5.92 Å². The fourth-order valence-corrected chi connectivity index (χ4v) is 4.62. The molecule has 0 atom stereocenters. The first-order valence-corrected chi connectivity index (χ1v) is 13.2. The van der Waals surface area contributed by atoms with Crippen LogP contribution < -0.4 is 10.9 Å². The number of rotatable bonds is 6. The minimum Gasteiger partial charge on any atom is -0.450 e. The van der Waals surface area contributed by atoms with Gasteiger partial charge in [-0.3, -0.25) is 14.6 Å². The standard InChI is InChI=1S/C30H36N4O4/c1-5-38-29(37)34-15-13-20(14-16-34)17-24-7-6-8-25(32-24)22-18-26(28(36)31-19-22)33-27(35)21-9-11-23(12-10-21)30(2,3)4/h6-12,18-20H,5,13-17H2,1-4H3,(H,31,36)(H,33,35). The van der Waals surface area contributed by atoms with Crippen molar-refractivity contribution in [3.8, 4) is 11.3 Å². The smallest absolute Gasteiger partial charge is 0.409 e. The van der Waals surface area contributed by atoms with Gasteiger partial charge in [-0.25, -0.2) is 4.79 Å². The fraction of sp³-hybridized carbons (Fsp3) is 0.400. The number of likely N-dealkylation sites (tertiary alicyclic amines) is 1. The second-order valence-corrected chi connectivity index (χ2v) is 10.8. The molecule has 0 spiro atoms. The highest BCUT2D eigenvalue weighted by Gasteiger charge is 2.24. The van der Waals surface area contributed by atoms with Crippen LogP contribution in [0.15, 0.2) is 59.5 Å². The molecule has 38 heavy (non-hydrogen) atoms. The minimum atomic E-state index is -0.377. The number of amides is 2. The van der Waals surface area contributed by atoms with Crippen LogP contribution in [0.3, 0.4) is 0 Å². The molecule has 1 saturated heterocycles. The number of pyridine rings is 2. The van der Waals surface area contributed by atoms with Crippen molar-refractivity contribution in [1.29, 1.82) is 0 Å². The normalized spacial score (nSPS) is 14.3. The van der Waals surface area contributed by atoms with Crippen LogP contribution in [0.4, 0.5) is 10.5 Å². The average Bonchev–Trinajstić information content (AvgIpc) is 2.90. The van der Waals surface area contributed by atoms with E-state index in [-0.39, 0.29) is 28.7 Å². The van der Waals surface area contributed by atoms with Crippen molar-refractivity contribution in [2.24, 2.45) is 5.92 Å². The van der Waals surface area contributed by atoms with E-state index < -0.39 is 0 Å². The number of benzene rings is 1. The highest BCUT2D eigenvalue weighted by Crippen LogP contribution is 2.25. The SMILES string of the molecule is CCOC(=O)N1CCC(Cc2cccc(-c3c[nH]c(=O)c(NC(=O)c4ccc(C(C)(C)C)cc4)c3)n2)CC1. The van der Waals surface area contributed by atoms with Crippen molar-refractivity contribution >= 4 is 17.7 Å². The predicted octanol–water partition coefficient (Wildman–Crippen LogP) is 5.40. The van der Waals surface area contributed by atoms with E-state index in [0.29, 0.717) is 42.4 Å². The van der Waals surface area contributed by atoms with Gasteiger partial charge in [0.1, 0.15) is 5.69 Å². The van der Waals surface area contributed by atoms with E-state index in [9.17, 15) is 14.4 Å². The summed E-state index contributed by atoms with van der Waals surface area (Å²) in [7, 11) is 0. The average molecular weight is 517 g/mol. The van der Waals surface area contributed by atoms with E-state index >= 15 is 0 Å². The van der Waals surface area contributed by atoms with Crippen LogP contribution in [0.1, 0.15) is 62.2 Å². The number of aromatic amines is 1. The zero-order chi connectivity index (χ0) is 27.3. The van der Waals surface area contributed by atoms with Crippen LogP contribution in [-0.4, -0.2) is 46.6 Å².